The molecule has 175 valence electrons. The molecule has 0 aliphatic rings. The molecule has 1 aromatic heterocycles. The summed E-state index contributed by atoms with van der Waals surface area (Å²) in [6, 6.07) is 11.0. The van der Waals surface area contributed by atoms with Crippen molar-refractivity contribution in [2.45, 2.75) is 32.0 Å². The van der Waals surface area contributed by atoms with Gasteiger partial charge in [-0.25, -0.2) is 19.6 Å². The van der Waals surface area contributed by atoms with Crippen LogP contribution in [-0.4, -0.2) is 45.9 Å². The third kappa shape index (κ3) is 6.84. The number of para-hydroxylation sites is 1. The molecule has 0 aliphatic carbocycles. The van der Waals surface area contributed by atoms with Gasteiger partial charge in [-0.1, -0.05) is 47.2 Å². The lowest BCUT2D eigenvalue weighted by Gasteiger charge is -2.32. The normalized spacial score (nSPS) is 12.9. The van der Waals surface area contributed by atoms with Gasteiger partial charge in [-0.05, 0) is 37.1 Å². The summed E-state index contributed by atoms with van der Waals surface area (Å²) in [7, 11) is 0. The number of ether oxygens (including phenoxy) is 1. The summed E-state index contributed by atoms with van der Waals surface area (Å²) in [4.78, 5) is 28.9. The van der Waals surface area contributed by atoms with Crippen LogP contribution in [-0.2, 0) is 16.1 Å². The number of aliphatic hydroxyl groups excluding tert-OH is 1. The lowest BCUT2D eigenvalue weighted by molar-refractivity contribution is -0.137. The molecular formula is C22H23ClFN4O4S. The van der Waals surface area contributed by atoms with E-state index in [1.807, 2.05) is 24.3 Å². The van der Waals surface area contributed by atoms with E-state index >= 15 is 0 Å². The number of nitrogens with zero attached hydrogens (tertiary/aromatic N) is 2. The van der Waals surface area contributed by atoms with E-state index in [0.717, 1.165) is 10.2 Å². The van der Waals surface area contributed by atoms with Gasteiger partial charge in [-0.2, -0.15) is 0 Å². The zero-order valence-corrected chi connectivity index (χ0v) is 19.3. The molecule has 0 aliphatic heterocycles. The number of benzene rings is 2. The molecule has 1 heterocycles. The Morgan fingerprint density at radius 1 is 1.30 bits per heavy atom. The zero-order chi connectivity index (χ0) is 24.0. The second kappa shape index (κ2) is 11.4. The molecular weight excluding hydrogens is 471 g/mol. The number of fused-ring (bicyclic) bond motifs is 1. The summed E-state index contributed by atoms with van der Waals surface area (Å²) in [6.45, 7) is 4.66. The summed E-state index contributed by atoms with van der Waals surface area (Å²) < 4.78 is 19.9. The third-order valence-corrected chi connectivity index (χ3v) is 6.00. The number of hydrogen-bond donors (Lipinski definition) is 3. The molecule has 2 atom stereocenters. The van der Waals surface area contributed by atoms with Crippen molar-refractivity contribution in [2.75, 3.05) is 11.9 Å². The number of aliphatic hydroxyl groups is 1. The fourth-order valence-electron chi connectivity index (χ4n) is 3.14. The maximum absolute atomic E-state index is 13.7. The maximum Gasteiger partial charge on any atom is 0.413 e. The Balaban J connectivity index is 1.64. The van der Waals surface area contributed by atoms with Gasteiger partial charge in [0.15, 0.2) is 5.13 Å². The molecule has 0 saturated carbocycles. The van der Waals surface area contributed by atoms with Gasteiger partial charge in [0.05, 0.1) is 27.4 Å². The van der Waals surface area contributed by atoms with Crippen molar-refractivity contribution in [1.29, 1.82) is 0 Å². The molecule has 11 heteroatoms. The second-order valence-corrected chi connectivity index (χ2v) is 8.60. The van der Waals surface area contributed by atoms with Gasteiger partial charge in [0.2, 0.25) is 5.91 Å². The Bertz CT molecular complexity index is 1090. The number of hydrazine groups is 1. The van der Waals surface area contributed by atoms with Crippen LogP contribution < -0.4 is 10.7 Å². The average molecular weight is 494 g/mol. The largest absolute Gasteiger partial charge is 0.447 e. The lowest BCUT2D eigenvalue weighted by atomic mass is 10.1. The Morgan fingerprint density at radius 2 is 2.06 bits per heavy atom. The van der Waals surface area contributed by atoms with Gasteiger partial charge >= 0.3 is 6.09 Å². The van der Waals surface area contributed by atoms with Crippen molar-refractivity contribution in [3.8, 4) is 0 Å². The quantitative estimate of drug-likeness (QED) is 0.387. The van der Waals surface area contributed by atoms with Gasteiger partial charge in [0, 0.05) is 13.5 Å². The molecule has 1 radical (unpaired) electrons. The van der Waals surface area contributed by atoms with Crippen molar-refractivity contribution >= 4 is 50.3 Å². The summed E-state index contributed by atoms with van der Waals surface area (Å²) in [5, 5.41) is 13.9. The Kier molecular flexibility index (Phi) is 8.56. The monoisotopic (exact) mass is 493 g/mol. The molecule has 8 nitrogen and oxygen atoms in total. The predicted molar refractivity (Wildman–Crippen MR) is 125 cm³/mol. The first kappa shape index (κ1) is 24.8. The van der Waals surface area contributed by atoms with Gasteiger partial charge < -0.3 is 9.84 Å². The van der Waals surface area contributed by atoms with Crippen molar-refractivity contribution in [2.24, 2.45) is 0 Å². The minimum Gasteiger partial charge on any atom is -0.447 e. The number of anilines is 1. The summed E-state index contributed by atoms with van der Waals surface area (Å²) in [5.74, 6) is -0.978. The highest BCUT2D eigenvalue weighted by molar-refractivity contribution is 7.22. The Hall–Kier alpha value is -2.79. The van der Waals surface area contributed by atoms with Crippen LogP contribution in [0.5, 0.6) is 0 Å². The molecule has 0 fully saturated rings. The molecule has 0 spiro atoms. The van der Waals surface area contributed by atoms with E-state index in [1.54, 1.807) is 6.07 Å². The standard InChI is InChI=1S/C22H23ClFN4O4S/c1-13(29)10-16(28(14(2)30)25-11-15-6-5-7-17(24)20(15)23)12-32-22(31)27-21-26-18-8-3-4-9-19(18)33-21/h3-9,13,16,25,29H,1,10-12H2,2H3,(H,26,27,31)/t13-,16+/m1/s1. The van der Waals surface area contributed by atoms with E-state index < -0.39 is 30.0 Å². The van der Waals surface area contributed by atoms with E-state index in [9.17, 15) is 19.1 Å². The molecule has 3 N–H and O–H groups in total. The number of nitrogens with one attached hydrogen (secondary N) is 2. The number of carbonyl (C=O) groups excluding carboxylic acids is 2. The third-order valence-electron chi connectivity index (χ3n) is 4.63. The summed E-state index contributed by atoms with van der Waals surface area (Å²) >= 11 is 7.28. The van der Waals surface area contributed by atoms with E-state index in [-0.39, 0.29) is 24.6 Å². The first-order valence-electron chi connectivity index (χ1n) is 10.0. The maximum atomic E-state index is 13.7. The summed E-state index contributed by atoms with van der Waals surface area (Å²) in [5.41, 5.74) is 4.06. The SMILES string of the molecule is [CH2][C@@H](O)C[C@@H](COC(=O)Nc1nc2ccccc2s1)N(NCc1cccc(F)c1Cl)C(C)=O. The lowest BCUT2D eigenvalue weighted by Crippen LogP contribution is -2.51. The van der Waals surface area contributed by atoms with E-state index in [1.165, 1.54) is 35.4 Å². The van der Waals surface area contributed by atoms with E-state index in [2.05, 4.69) is 22.7 Å². The molecule has 0 bridgehead atoms. The van der Waals surface area contributed by atoms with Crippen LogP contribution in [0, 0.1) is 12.7 Å². The minimum atomic E-state index is -1.02. The Labute approximate surface area is 199 Å². The molecule has 2 aromatic carbocycles. The molecule has 0 saturated heterocycles. The number of carbonyl (C=O) groups is 2. The van der Waals surface area contributed by atoms with Crippen LogP contribution in [0.2, 0.25) is 5.02 Å². The number of halogens is 2. The molecule has 33 heavy (non-hydrogen) atoms. The van der Waals surface area contributed by atoms with Crippen LogP contribution >= 0.6 is 22.9 Å². The molecule has 3 rings (SSSR count). The van der Waals surface area contributed by atoms with Crippen LogP contribution in [0.4, 0.5) is 14.3 Å². The molecule has 0 unspecified atom stereocenters. The zero-order valence-electron chi connectivity index (χ0n) is 17.8. The van der Waals surface area contributed by atoms with Crippen LogP contribution in [0.25, 0.3) is 10.2 Å². The predicted octanol–water partition coefficient (Wildman–Crippen LogP) is 4.14. The highest BCUT2D eigenvalue weighted by Gasteiger charge is 2.25. The van der Waals surface area contributed by atoms with E-state index in [4.69, 9.17) is 16.3 Å². The highest BCUT2D eigenvalue weighted by Crippen LogP contribution is 2.25. The molecule has 2 amide bonds. The average Bonchev–Trinajstić information content (AvgIpc) is 3.16. The van der Waals surface area contributed by atoms with Crippen molar-refractivity contribution < 1.29 is 23.8 Å². The van der Waals surface area contributed by atoms with Gasteiger partial charge in [0.25, 0.3) is 0 Å². The number of thiazole rings is 1. The van der Waals surface area contributed by atoms with Crippen molar-refractivity contribution in [3.05, 3.63) is 65.8 Å². The van der Waals surface area contributed by atoms with Gasteiger partial charge in [-0.3, -0.25) is 15.1 Å². The first-order valence-corrected chi connectivity index (χ1v) is 11.2. The van der Waals surface area contributed by atoms with Crippen LogP contribution in [0.1, 0.15) is 18.9 Å². The molecule has 3 aromatic rings. The summed E-state index contributed by atoms with van der Waals surface area (Å²) in [6.07, 6.45) is -1.75. The number of rotatable bonds is 9. The van der Waals surface area contributed by atoms with Gasteiger partial charge in [-0.15, -0.1) is 0 Å². The smallest absolute Gasteiger partial charge is 0.413 e. The minimum absolute atomic E-state index is 0.0257. The Morgan fingerprint density at radius 3 is 2.76 bits per heavy atom. The van der Waals surface area contributed by atoms with E-state index in [0.29, 0.717) is 10.7 Å². The topological polar surface area (TPSA) is 104 Å². The van der Waals surface area contributed by atoms with Crippen LogP contribution in [0.3, 0.4) is 0 Å². The number of hydrogen-bond acceptors (Lipinski definition) is 7. The fraction of sp³-hybridized carbons (Fsp3) is 0.273. The van der Waals surface area contributed by atoms with Crippen molar-refractivity contribution in [1.82, 2.24) is 15.4 Å². The fourth-order valence-corrected chi connectivity index (χ4v) is 4.18. The van der Waals surface area contributed by atoms with Crippen molar-refractivity contribution in [3.63, 3.8) is 0 Å². The second-order valence-electron chi connectivity index (χ2n) is 7.19. The van der Waals surface area contributed by atoms with Crippen LogP contribution in [0.15, 0.2) is 42.5 Å². The van der Waals surface area contributed by atoms with Gasteiger partial charge in [0.1, 0.15) is 12.4 Å². The number of aromatic nitrogens is 1. The number of amides is 2. The highest BCUT2D eigenvalue weighted by atomic mass is 35.5. The first-order chi connectivity index (χ1) is 15.7.